The van der Waals surface area contributed by atoms with Crippen molar-refractivity contribution in [1.29, 1.82) is 0 Å². The van der Waals surface area contributed by atoms with Crippen molar-refractivity contribution in [2.75, 3.05) is 0 Å². The van der Waals surface area contributed by atoms with Gasteiger partial charge >= 0.3 is 5.97 Å². The molecule has 1 aromatic heterocycles. The van der Waals surface area contributed by atoms with E-state index in [9.17, 15) is 9.59 Å². The maximum atomic E-state index is 12.2. The number of carboxylic acids is 1. The van der Waals surface area contributed by atoms with Gasteiger partial charge in [-0.3, -0.25) is 9.59 Å². The molecule has 0 aromatic carbocycles. The molecule has 3 nitrogen and oxygen atoms in total. The second kappa shape index (κ2) is 5.08. The van der Waals surface area contributed by atoms with Gasteiger partial charge in [-0.1, -0.05) is 18.0 Å². The Balaban J connectivity index is 2.22. The zero-order valence-corrected chi connectivity index (χ0v) is 11.9. The van der Waals surface area contributed by atoms with Crippen molar-refractivity contribution in [1.82, 2.24) is 0 Å². The van der Waals surface area contributed by atoms with Gasteiger partial charge in [0.2, 0.25) is 0 Å². The molecule has 1 aliphatic rings. The van der Waals surface area contributed by atoms with Gasteiger partial charge in [-0.15, -0.1) is 11.3 Å². The minimum absolute atomic E-state index is 0.0903. The molecule has 1 saturated carbocycles. The van der Waals surface area contributed by atoms with Gasteiger partial charge < -0.3 is 5.11 Å². The first-order valence-corrected chi connectivity index (χ1v) is 7.21. The molecule has 1 fully saturated rings. The SMILES string of the molecule is O=C(O)C1CCCC1C(=O)c1cc(Cl)c(Br)s1. The molecule has 1 heterocycles. The summed E-state index contributed by atoms with van der Waals surface area (Å²) in [4.78, 5) is 23.8. The normalized spacial score (nSPS) is 23.9. The highest BCUT2D eigenvalue weighted by molar-refractivity contribution is 9.11. The topological polar surface area (TPSA) is 54.4 Å². The molecule has 0 aliphatic heterocycles. The highest BCUT2D eigenvalue weighted by atomic mass is 79.9. The Hall–Kier alpha value is -0.390. The van der Waals surface area contributed by atoms with E-state index in [4.69, 9.17) is 16.7 Å². The van der Waals surface area contributed by atoms with Crippen LogP contribution >= 0.6 is 38.9 Å². The summed E-state index contributed by atoms with van der Waals surface area (Å²) in [6.45, 7) is 0. The van der Waals surface area contributed by atoms with Crippen LogP contribution in [-0.4, -0.2) is 16.9 Å². The summed E-state index contributed by atoms with van der Waals surface area (Å²) in [5, 5.41) is 9.56. The predicted molar refractivity (Wildman–Crippen MR) is 69.8 cm³/mol. The average Bonchev–Trinajstić information content (AvgIpc) is 2.85. The smallest absolute Gasteiger partial charge is 0.307 e. The van der Waals surface area contributed by atoms with Crippen LogP contribution < -0.4 is 0 Å². The first-order chi connectivity index (χ1) is 8.00. The molecule has 17 heavy (non-hydrogen) atoms. The summed E-state index contributed by atoms with van der Waals surface area (Å²) in [7, 11) is 0. The molecule has 6 heteroatoms. The third kappa shape index (κ3) is 2.56. The quantitative estimate of drug-likeness (QED) is 0.852. The molecule has 1 N–H and O–H groups in total. The van der Waals surface area contributed by atoms with E-state index >= 15 is 0 Å². The van der Waals surface area contributed by atoms with Crippen molar-refractivity contribution < 1.29 is 14.7 Å². The lowest BCUT2D eigenvalue weighted by atomic mass is 9.91. The van der Waals surface area contributed by atoms with Crippen molar-refractivity contribution in [3.05, 3.63) is 19.8 Å². The molecule has 2 unspecified atom stereocenters. The second-order valence-corrected chi connectivity index (χ2v) is 6.86. The number of halogens is 2. The standard InChI is InChI=1S/C11H10BrClO3S/c12-10-7(13)4-8(17-10)9(14)5-2-1-3-6(5)11(15)16/h4-6H,1-3H2,(H,15,16). The Morgan fingerprint density at radius 1 is 1.41 bits per heavy atom. The summed E-state index contributed by atoms with van der Waals surface area (Å²) in [5.41, 5.74) is 0. The number of carbonyl (C=O) groups is 2. The molecule has 0 bridgehead atoms. The van der Waals surface area contributed by atoms with Gasteiger partial charge in [-0.25, -0.2) is 0 Å². The second-order valence-electron chi connectivity index (χ2n) is 4.08. The molecule has 0 saturated heterocycles. The van der Waals surface area contributed by atoms with E-state index in [0.717, 1.165) is 6.42 Å². The van der Waals surface area contributed by atoms with Gasteiger partial charge in [-0.2, -0.15) is 0 Å². The third-order valence-electron chi connectivity index (χ3n) is 3.06. The van der Waals surface area contributed by atoms with Gasteiger partial charge in [0.1, 0.15) is 0 Å². The van der Waals surface area contributed by atoms with E-state index in [2.05, 4.69) is 15.9 Å². The zero-order valence-electron chi connectivity index (χ0n) is 8.78. The van der Waals surface area contributed by atoms with Crippen molar-refractivity contribution in [2.24, 2.45) is 11.8 Å². The third-order valence-corrected chi connectivity index (χ3v) is 5.55. The Morgan fingerprint density at radius 3 is 2.59 bits per heavy atom. The summed E-state index contributed by atoms with van der Waals surface area (Å²) < 4.78 is 0.715. The zero-order chi connectivity index (χ0) is 12.6. The Bertz CT molecular complexity index is 452. The monoisotopic (exact) mass is 336 g/mol. The van der Waals surface area contributed by atoms with Crippen LogP contribution in [0.15, 0.2) is 9.85 Å². The van der Waals surface area contributed by atoms with Gasteiger partial charge in [-0.05, 0) is 34.8 Å². The largest absolute Gasteiger partial charge is 0.481 e. The van der Waals surface area contributed by atoms with E-state index in [1.54, 1.807) is 6.07 Å². The van der Waals surface area contributed by atoms with Crippen LogP contribution in [-0.2, 0) is 4.79 Å². The highest BCUT2D eigenvalue weighted by Gasteiger charge is 2.38. The molecule has 0 spiro atoms. The Morgan fingerprint density at radius 2 is 2.06 bits per heavy atom. The number of aliphatic carboxylic acids is 1. The molecule has 0 radical (unpaired) electrons. The van der Waals surface area contributed by atoms with Gasteiger partial charge in [0.05, 0.1) is 19.6 Å². The van der Waals surface area contributed by atoms with Gasteiger partial charge in [0, 0.05) is 5.92 Å². The lowest BCUT2D eigenvalue weighted by molar-refractivity contribution is -0.142. The average molecular weight is 338 g/mol. The first kappa shape index (κ1) is 13.1. The summed E-state index contributed by atoms with van der Waals surface area (Å²) >= 11 is 10.4. The molecule has 2 rings (SSSR count). The summed E-state index contributed by atoms with van der Waals surface area (Å²) in [6.07, 6.45) is 2.04. The number of hydrogen-bond donors (Lipinski definition) is 1. The molecule has 1 aromatic rings. The number of Topliss-reactive ketones (excluding diaryl/α,β-unsaturated/α-hetero) is 1. The van der Waals surface area contributed by atoms with E-state index in [0.29, 0.717) is 26.5 Å². The fourth-order valence-electron chi connectivity index (χ4n) is 2.22. The number of ketones is 1. The molecule has 1 aliphatic carbocycles. The van der Waals surface area contributed by atoms with Crippen molar-refractivity contribution in [2.45, 2.75) is 19.3 Å². The molecular weight excluding hydrogens is 328 g/mol. The van der Waals surface area contributed by atoms with Crippen LogP contribution in [0.5, 0.6) is 0 Å². The number of hydrogen-bond acceptors (Lipinski definition) is 3. The van der Waals surface area contributed by atoms with Crippen LogP contribution in [0.2, 0.25) is 5.02 Å². The van der Waals surface area contributed by atoms with Crippen LogP contribution in [0.1, 0.15) is 28.9 Å². The van der Waals surface area contributed by atoms with Crippen LogP contribution in [0, 0.1) is 11.8 Å². The number of carbonyl (C=O) groups excluding carboxylic acids is 1. The fourth-order valence-corrected chi connectivity index (χ4v) is 3.93. The number of rotatable bonds is 3. The van der Waals surface area contributed by atoms with E-state index in [-0.39, 0.29) is 5.78 Å². The minimum Gasteiger partial charge on any atom is -0.481 e. The summed E-state index contributed by atoms with van der Waals surface area (Å²) in [5.74, 6) is -1.90. The first-order valence-electron chi connectivity index (χ1n) is 5.22. The molecular formula is C11H10BrClO3S. The Labute approximate surface area is 116 Å². The van der Waals surface area contributed by atoms with Gasteiger partial charge in [0.25, 0.3) is 0 Å². The van der Waals surface area contributed by atoms with Crippen molar-refractivity contribution >= 4 is 50.6 Å². The summed E-state index contributed by atoms with van der Waals surface area (Å²) in [6, 6.07) is 1.61. The van der Waals surface area contributed by atoms with Crippen LogP contribution in [0.25, 0.3) is 0 Å². The maximum Gasteiger partial charge on any atom is 0.307 e. The fraction of sp³-hybridized carbons (Fsp3) is 0.455. The molecule has 2 atom stereocenters. The predicted octanol–water partition coefficient (Wildman–Crippen LogP) is 3.85. The van der Waals surface area contributed by atoms with Crippen molar-refractivity contribution in [3.63, 3.8) is 0 Å². The van der Waals surface area contributed by atoms with Crippen LogP contribution in [0.4, 0.5) is 0 Å². The lowest BCUT2D eigenvalue weighted by Crippen LogP contribution is -2.24. The van der Waals surface area contributed by atoms with Gasteiger partial charge in [0.15, 0.2) is 5.78 Å². The molecule has 0 amide bonds. The maximum absolute atomic E-state index is 12.2. The highest BCUT2D eigenvalue weighted by Crippen LogP contribution is 2.38. The molecule has 92 valence electrons. The number of carboxylic acid groups (broad SMARTS) is 1. The number of thiophene rings is 1. The Kier molecular flexibility index (Phi) is 3.90. The van der Waals surface area contributed by atoms with E-state index in [1.807, 2.05) is 0 Å². The minimum atomic E-state index is -0.873. The van der Waals surface area contributed by atoms with Crippen molar-refractivity contribution in [3.8, 4) is 0 Å². The van der Waals surface area contributed by atoms with E-state index < -0.39 is 17.8 Å². The lowest BCUT2D eigenvalue weighted by Gasteiger charge is -2.12. The van der Waals surface area contributed by atoms with Crippen LogP contribution in [0.3, 0.4) is 0 Å². The van der Waals surface area contributed by atoms with E-state index in [1.165, 1.54) is 11.3 Å².